The highest BCUT2D eigenvalue weighted by atomic mass is 19.1. The zero-order valence-corrected chi connectivity index (χ0v) is 20.9. The van der Waals surface area contributed by atoms with Crippen LogP contribution in [0.3, 0.4) is 0 Å². The molecule has 0 aliphatic carbocycles. The largest absolute Gasteiger partial charge is 0.496 e. The van der Waals surface area contributed by atoms with Crippen molar-refractivity contribution in [2.24, 2.45) is 5.92 Å². The third-order valence-corrected chi connectivity index (χ3v) is 7.15. The van der Waals surface area contributed by atoms with Crippen molar-refractivity contribution in [3.8, 4) is 5.75 Å². The van der Waals surface area contributed by atoms with Gasteiger partial charge >= 0.3 is 6.03 Å². The summed E-state index contributed by atoms with van der Waals surface area (Å²) in [4.78, 5) is 25.4. The number of carbonyl (C=O) groups is 2. The summed E-state index contributed by atoms with van der Waals surface area (Å²) >= 11 is 0. The Hall–Kier alpha value is -3.17. The molecular formula is C27H35FN4O4. The van der Waals surface area contributed by atoms with E-state index in [0.717, 1.165) is 55.8 Å². The van der Waals surface area contributed by atoms with E-state index in [0.29, 0.717) is 31.1 Å². The van der Waals surface area contributed by atoms with E-state index in [1.54, 1.807) is 7.11 Å². The number of halogens is 1. The Morgan fingerprint density at radius 2 is 1.94 bits per heavy atom. The maximum atomic E-state index is 13.0. The Kier molecular flexibility index (Phi) is 8.77. The minimum absolute atomic E-state index is 0.0633. The van der Waals surface area contributed by atoms with Crippen LogP contribution in [0, 0.1) is 18.7 Å². The fraction of sp³-hybridized carbons (Fsp3) is 0.481. The average Bonchev–Trinajstić information content (AvgIpc) is 2.88. The normalized spacial score (nSPS) is 20.3. The number of hydrogen-bond donors (Lipinski definition) is 3. The first-order chi connectivity index (χ1) is 17.5. The molecule has 2 atom stereocenters. The number of urea groups is 1. The second-order valence-corrected chi connectivity index (χ2v) is 9.44. The van der Waals surface area contributed by atoms with Crippen molar-refractivity contribution < 1.29 is 23.5 Å². The molecule has 0 radical (unpaired) electrons. The molecule has 2 aliphatic rings. The van der Waals surface area contributed by atoms with Gasteiger partial charge in [0.25, 0.3) is 0 Å². The van der Waals surface area contributed by atoms with Crippen LogP contribution in [0.15, 0.2) is 36.4 Å². The van der Waals surface area contributed by atoms with Crippen LogP contribution in [0.1, 0.15) is 35.6 Å². The number of rotatable bonds is 9. The van der Waals surface area contributed by atoms with Crippen LogP contribution in [0.25, 0.3) is 0 Å². The smallest absolute Gasteiger partial charge is 0.319 e. The average molecular weight is 499 g/mol. The maximum absolute atomic E-state index is 13.0. The van der Waals surface area contributed by atoms with Gasteiger partial charge in [0.15, 0.2) is 0 Å². The van der Waals surface area contributed by atoms with E-state index in [1.165, 1.54) is 29.8 Å². The molecule has 0 saturated carbocycles. The highest BCUT2D eigenvalue weighted by Crippen LogP contribution is 2.40. The van der Waals surface area contributed by atoms with Crippen LogP contribution >= 0.6 is 0 Å². The van der Waals surface area contributed by atoms with Crippen LogP contribution in [-0.2, 0) is 16.0 Å². The lowest BCUT2D eigenvalue weighted by Crippen LogP contribution is -2.44. The molecule has 2 heterocycles. The zero-order chi connectivity index (χ0) is 25.5. The first-order valence-electron chi connectivity index (χ1n) is 12.5. The molecule has 0 bridgehead atoms. The fourth-order valence-electron chi connectivity index (χ4n) is 5.27. The van der Waals surface area contributed by atoms with Gasteiger partial charge in [-0.3, -0.25) is 4.79 Å². The van der Waals surface area contributed by atoms with Gasteiger partial charge in [-0.25, -0.2) is 9.18 Å². The molecule has 194 valence electrons. The standard InChI is InChI=1S/C27H35FN4O4/c1-18-3-8-22-23(26(18)35-2)15-24(36-25(22)16-29-17-33)19-9-12-32(13-10-19)14-11-30-27(34)31-21-6-4-20(28)5-7-21/h3-8,17,19,24-25H,9-16H2,1-2H3,(H,29,33)(H2,30,31,34). The summed E-state index contributed by atoms with van der Waals surface area (Å²) in [6.45, 7) is 5.64. The Balaban J connectivity index is 1.27. The van der Waals surface area contributed by atoms with Gasteiger partial charge in [0, 0.05) is 37.3 Å². The number of carbonyl (C=O) groups excluding carboxylic acids is 2. The monoisotopic (exact) mass is 498 g/mol. The maximum Gasteiger partial charge on any atom is 0.319 e. The Labute approximate surface area is 211 Å². The summed E-state index contributed by atoms with van der Waals surface area (Å²) in [5.41, 5.74) is 3.93. The molecule has 36 heavy (non-hydrogen) atoms. The first kappa shape index (κ1) is 25.9. The van der Waals surface area contributed by atoms with Crippen molar-refractivity contribution in [3.63, 3.8) is 0 Å². The summed E-state index contributed by atoms with van der Waals surface area (Å²) in [5, 5.41) is 8.35. The molecular weight excluding hydrogens is 463 g/mol. The number of methoxy groups -OCH3 is 1. The van der Waals surface area contributed by atoms with Gasteiger partial charge in [-0.15, -0.1) is 0 Å². The highest BCUT2D eigenvalue weighted by molar-refractivity contribution is 5.89. The molecule has 9 heteroatoms. The summed E-state index contributed by atoms with van der Waals surface area (Å²) in [5.74, 6) is 0.988. The Morgan fingerprint density at radius 3 is 2.64 bits per heavy atom. The Morgan fingerprint density at radius 1 is 1.19 bits per heavy atom. The third-order valence-electron chi connectivity index (χ3n) is 7.15. The topological polar surface area (TPSA) is 91.9 Å². The molecule has 4 rings (SSSR count). The van der Waals surface area contributed by atoms with E-state index < -0.39 is 0 Å². The third kappa shape index (κ3) is 6.33. The number of fused-ring (bicyclic) bond motifs is 1. The summed E-state index contributed by atoms with van der Waals surface area (Å²) in [7, 11) is 1.71. The molecule has 8 nitrogen and oxygen atoms in total. The van der Waals surface area contributed by atoms with E-state index in [4.69, 9.17) is 9.47 Å². The molecule has 0 spiro atoms. The first-order valence-corrected chi connectivity index (χ1v) is 12.5. The molecule has 3 amide bonds. The number of ether oxygens (including phenoxy) is 2. The summed E-state index contributed by atoms with van der Waals surface area (Å²) < 4.78 is 25.3. The lowest BCUT2D eigenvalue weighted by molar-refractivity contribution is -0.111. The molecule has 1 fully saturated rings. The van der Waals surface area contributed by atoms with Crippen LogP contribution in [-0.4, -0.2) is 63.3 Å². The second-order valence-electron chi connectivity index (χ2n) is 9.44. The lowest BCUT2D eigenvalue weighted by atomic mass is 9.83. The van der Waals surface area contributed by atoms with Crippen LogP contribution < -0.4 is 20.7 Å². The fourth-order valence-corrected chi connectivity index (χ4v) is 5.27. The number of piperidine rings is 1. The molecule has 2 aliphatic heterocycles. The van der Waals surface area contributed by atoms with Crippen molar-refractivity contribution in [1.82, 2.24) is 15.5 Å². The number of likely N-dealkylation sites (tertiary alicyclic amines) is 1. The van der Waals surface area contributed by atoms with Gasteiger partial charge in [0.1, 0.15) is 17.7 Å². The van der Waals surface area contributed by atoms with Gasteiger partial charge in [-0.2, -0.15) is 0 Å². The number of benzene rings is 2. The number of nitrogens with one attached hydrogen (secondary N) is 3. The lowest BCUT2D eigenvalue weighted by Gasteiger charge is -2.41. The van der Waals surface area contributed by atoms with E-state index in [2.05, 4.69) is 33.8 Å². The van der Waals surface area contributed by atoms with Crippen molar-refractivity contribution in [2.75, 3.05) is 45.2 Å². The van der Waals surface area contributed by atoms with Crippen molar-refractivity contribution in [1.29, 1.82) is 0 Å². The molecule has 3 N–H and O–H groups in total. The van der Waals surface area contributed by atoms with Gasteiger partial charge in [-0.05, 0) is 74.2 Å². The van der Waals surface area contributed by atoms with Gasteiger partial charge < -0.3 is 30.3 Å². The van der Waals surface area contributed by atoms with Gasteiger partial charge in [-0.1, -0.05) is 12.1 Å². The van der Waals surface area contributed by atoms with Gasteiger partial charge in [0.05, 0.1) is 13.2 Å². The molecule has 2 aromatic carbocycles. The van der Waals surface area contributed by atoms with E-state index >= 15 is 0 Å². The molecule has 1 saturated heterocycles. The van der Waals surface area contributed by atoms with E-state index in [1.807, 2.05) is 6.07 Å². The zero-order valence-electron chi connectivity index (χ0n) is 20.9. The SMILES string of the molecule is COc1c(C)ccc2c1CC(C1CCN(CCNC(=O)Nc3ccc(F)cc3)CC1)OC2CNC=O. The van der Waals surface area contributed by atoms with Crippen LogP contribution in [0.4, 0.5) is 14.9 Å². The minimum atomic E-state index is -0.338. The number of amides is 3. The molecule has 0 aromatic heterocycles. The van der Waals surface area contributed by atoms with Crippen LogP contribution in [0.5, 0.6) is 5.75 Å². The van der Waals surface area contributed by atoms with E-state index in [-0.39, 0.29) is 24.1 Å². The predicted molar refractivity (Wildman–Crippen MR) is 136 cm³/mol. The highest BCUT2D eigenvalue weighted by Gasteiger charge is 2.36. The minimum Gasteiger partial charge on any atom is -0.496 e. The quantitative estimate of drug-likeness (QED) is 0.461. The Bertz CT molecular complexity index is 1040. The predicted octanol–water partition coefficient (Wildman–Crippen LogP) is 3.40. The second kappa shape index (κ2) is 12.2. The van der Waals surface area contributed by atoms with Crippen molar-refractivity contribution >= 4 is 18.1 Å². The molecule has 2 unspecified atom stereocenters. The summed E-state index contributed by atoms with van der Waals surface area (Å²) in [6.07, 6.45) is 3.39. The van der Waals surface area contributed by atoms with E-state index in [9.17, 15) is 14.0 Å². The van der Waals surface area contributed by atoms with Gasteiger partial charge in [0.2, 0.25) is 6.41 Å². The number of nitrogens with zero attached hydrogens (tertiary/aromatic N) is 1. The number of anilines is 1. The molecule has 2 aromatic rings. The number of aryl methyl sites for hydroxylation is 1. The summed E-state index contributed by atoms with van der Waals surface area (Å²) in [6, 6.07) is 9.51. The van der Waals surface area contributed by atoms with Crippen LogP contribution in [0.2, 0.25) is 0 Å². The van der Waals surface area contributed by atoms with Crippen molar-refractivity contribution in [3.05, 3.63) is 58.9 Å². The number of hydrogen-bond acceptors (Lipinski definition) is 5. The van der Waals surface area contributed by atoms with Crippen molar-refractivity contribution in [2.45, 2.75) is 38.4 Å².